The lowest BCUT2D eigenvalue weighted by Gasteiger charge is -2.23. The summed E-state index contributed by atoms with van der Waals surface area (Å²) >= 11 is 11.7. The molecule has 0 aromatic heterocycles. The maximum atomic E-state index is 11.8. The summed E-state index contributed by atoms with van der Waals surface area (Å²) in [6, 6.07) is 4.99. The van der Waals surface area contributed by atoms with Crippen LogP contribution in [-0.2, 0) is 4.79 Å². The second-order valence-electron chi connectivity index (χ2n) is 4.26. The molecule has 0 radical (unpaired) electrons. The molecular weight excluding hydrogens is 287 g/mol. The lowest BCUT2D eigenvalue weighted by atomic mass is 10.2. The maximum Gasteiger partial charge on any atom is 0.226 e. The van der Waals surface area contributed by atoms with Crippen molar-refractivity contribution in [2.45, 2.75) is 19.4 Å². The van der Waals surface area contributed by atoms with Crippen molar-refractivity contribution < 1.29 is 9.53 Å². The normalized spacial score (nSPS) is 12.1. The number of carbonyl (C=O) groups excluding carboxylic acids is 1. The van der Waals surface area contributed by atoms with Crippen molar-refractivity contribution in [1.29, 1.82) is 0 Å². The van der Waals surface area contributed by atoms with Crippen LogP contribution in [0.4, 0.5) is 0 Å². The van der Waals surface area contributed by atoms with Crippen LogP contribution in [-0.4, -0.2) is 37.0 Å². The Kier molecular flexibility index (Phi) is 6.42. The number of carbonyl (C=O) groups is 1. The Labute approximate surface area is 123 Å². The number of benzene rings is 1. The zero-order chi connectivity index (χ0) is 14.4. The van der Waals surface area contributed by atoms with Gasteiger partial charge in [-0.15, -0.1) is 0 Å². The van der Waals surface area contributed by atoms with E-state index in [1.165, 1.54) is 0 Å². The molecule has 1 aromatic carbocycles. The molecule has 1 aromatic rings. The third kappa shape index (κ3) is 4.90. The van der Waals surface area contributed by atoms with E-state index in [1.807, 2.05) is 6.92 Å². The monoisotopic (exact) mass is 304 g/mol. The Bertz CT molecular complexity index is 441. The van der Waals surface area contributed by atoms with Gasteiger partial charge in [0.05, 0.1) is 18.1 Å². The first kappa shape index (κ1) is 16.1. The summed E-state index contributed by atoms with van der Waals surface area (Å²) < 4.78 is 5.46. The number of ether oxygens (including phenoxy) is 1. The SMILES string of the molecule is CC(CN)N(C)C(=O)CCOc1ccc(Cl)cc1Cl. The Morgan fingerprint density at radius 1 is 1.47 bits per heavy atom. The van der Waals surface area contributed by atoms with Crippen LogP contribution in [0.3, 0.4) is 0 Å². The fourth-order valence-electron chi connectivity index (χ4n) is 1.42. The van der Waals surface area contributed by atoms with Gasteiger partial charge in [-0.3, -0.25) is 4.79 Å². The Balaban J connectivity index is 2.44. The smallest absolute Gasteiger partial charge is 0.226 e. The molecule has 1 amide bonds. The lowest BCUT2D eigenvalue weighted by molar-refractivity contribution is -0.132. The van der Waals surface area contributed by atoms with E-state index in [4.69, 9.17) is 33.7 Å². The van der Waals surface area contributed by atoms with Gasteiger partial charge in [-0.05, 0) is 25.1 Å². The van der Waals surface area contributed by atoms with E-state index in [2.05, 4.69) is 0 Å². The topological polar surface area (TPSA) is 55.6 Å². The zero-order valence-corrected chi connectivity index (χ0v) is 12.5. The van der Waals surface area contributed by atoms with Gasteiger partial charge >= 0.3 is 0 Å². The molecule has 2 N–H and O–H groups in total. The van der Waals surface area contributed by atoms with Gasteiger partial charge in [-0.2, -0.15) is 0 Å². The number of hydrogen-bond acceptors (Lipinski definition) is 3. The Morgan fingerprint density at radius 2 is 2.16 bits per heavy atom. The van der Waals surface area contributed by atoms with Crippen molar-refractivity contribution in [2.24, 2.45) is 5.73 Å². The van der Waals surface area contributed by atoms with E-state index in [-0.39, 0.29) is 25.0 Å². The van der Waals surface area contributed by atoms with Crippen molar-refractivity contribution in [1.82, 2.24) is 4.90 Å². The average Bonchev–Trinajstić information content (AvgIpc) is 2.39. The van der Waals surface area contributed by atoms with Crippen molar-refractivity contribution in [3.8, 4) is 5.75 Å². The molecule has 0 saturated carbocycles. The number of halogens is 2. The molecule has 106 valence electrons. The molecule has 0 saturated heterocycles. The molecule has 1 atom stereocenters. The first-order valence-corrected chi connectivity index (χ1v) is 6.75. The van der Waals surface area contributed by atoms with Crippen molar-refractivity contribution in [3.63, 3.8) is 0 Å². The number of likely N-dealkylation sites (N-methyl/N-ethyl adjacent to an activating group) is 1. The molecule has 0 heterocycles. The van der Waals surface area contributed by atoms with E-state index < -0.39 is 0 Å². The second kappa shape index (κ2) is 7.58. The van der Waals surface area contributed by atoms with Crippen LogP contribution in [0.5, 0.6) is 5.75 Å². The summed E-state index contributed by atoms with van der Waals surface area (Å²) in [5.74, 6) is 0.511. The van der Waals surface area contributed by atoms with Crippen LogP contribution in [0.1, 0.15) is 13.3 Å². The molecule has 0 aliphatic carbocycles. The van der Waals surface area contributed by atoms with Crippen molar-refractivity contribution >= 4 is 29.1 Å². The van der Waals surface area contributed by atoms with Crippen LogP contribution in [0.25, 0.3) is 0 Å². The van der Waals surface area contributed by atoms with Crippen LogP contribution >= 0.6 is 23.2 Å². The number of nitrogens with zero attached hydrogens (tertiary/aromatic N) is 1. The van der Waals surface area contributed by atoms with Crippen LogP contribution in [0, 0.1) is 0 Å². The molecule has 0 aliphatic rings. The highest BCUT2D eigenvalue weighted by molar-refractivity contribution is 6.35. The van der Waals surface area contributed by atoms with Gasteiger partial charge < -0.3 is 15.4 Å². The van der Waals surface area contributed by atoms with Gasteiger partial charge in [-0.1, -0.05) is 23.2 Å². The minimum Gasteiger partial charge on any atom is -0.491 e. The second-order valence-corrected chi connectivity index (χ2v) is 5.11. The van der Waals surface area contributed by atoms with Gasteiger partial charge in [0.2, 0.25) is 5.91 Å². The number of amides is 1. The molecule has 6 heteroatoms. The molecule has 0 fully saturated rings. The quantitative estimate of drug-likeness (QED) is 0.879. The molecule has 0 bridgehead atoms. The first-order valence-electron chi connectivity index (χ1n) is 5.99. The molecule has 1 unspecified atom stereocenters. The van der Waals surface area contributed by atoms with Gasteiger partial charge in [0.1, 0.15) is 5.75 Å². The third-order valence-corrected chi connectivity index (χ3v) is 3.39. The molecule has 19 heavy (non-hydrogen) atoms. The number of nitrogens with two attached hydrogens (primary N) is 1. The number of rotatable bonds is 6. The summed E-state index contributed by atoms with van der Waals surface area (Å²) in [5, 5.41) is 0.980. The summed E-state index contributed by atoms with van der Waals surface area (Å²) in [7, 11) is 1.73. The predicted octanol–water partition coefficient (Wildman–Crippen LogP) is 2.57. The summed E-state index contributed by atoms with van der Waals surface area (Å²) in [5.41, 5.74) is 5.51. The van der Waals surface area contributed by atoms with E-state index in [1.54, 1.807) is 30.1 Å². The largest absolute Gasteiger partial charge is 0.491 e. The van der Waals surface area contributed by atoms with Crippen LogP contribution < -0.4 is 10.5 Å². The Morgan fingerprint density at radius 3 is 2.74 bits per heavy atom. The highest BCUT2D eigenvalue weighted by atomic mass is 35.5. The van der Waals surface area contributed by atoms with Crippen molar-refractivity contribution in [2.75, 3.05) is 20.2 Å². The fraction of sp³-hybridized carbons (Fsp3) is 0.462. The van der Waals surface area contributed by atoms with E-state index in [0.29, 0.717) is 22.3 Å². The third-order valence-electron chi connectivity index (χ3n) is 2.86. The van der Waals surface area contributed by atoms with Gasteiger partial charge in [-0.25, -0.2) is 0 Å². The Hall–Kier alpha value is -0.970. The minimum absolute atomic E-state index is 0.0111. The summed E-state index contributed by atoms with van der Waals surface area (Å²) in [4.78, 5) is 13.4. The van der Waals surface area contributed by atoms with Crippen LogP contribution in [0.15, 0.2) is 18.2 Å². The van der Waals surface area contributed by atoms with Gasteiger partial charge in [0.15, 0.2) is 0 Å². The van der Waals surface area contributed by atoms with E-state index in [0.717, 1.165) is 0 Å². The van der Waals surface area contributed by atoms with Crippen molar-refractivity contribution in [3.05, 3.63) is 28.2 Å². The van der Waals surface area contributed by atoms with E-state index in [9.17, 15) is 4.79 Å². The van der Waals surface area contributed by atoms with E-state index >= 15 is 0 Å². The summed E-state index contributed by atoms with van der Waals surface area (Å²) in [6.07, 6.45) is 0.278. The summed E-state index contributed by atoms with van der Waals surface area (Å²) in [6.45, 7) is 2.60. The van der Waals surface area contributed by atoms with Gasteiger partial charge in [0.25, 0.3) is 0 Å². The molecular formula is C13H18Cl2N2O2. The maximum absolute atomic E-state index is 11.8. The highest BCUT2D eigenvalue weighted by Crippen LogP contribution is 2.27. The fourth-order valence-corrected chi connectivity index (χ4v) is 1.88. The lowest BCUT2D eigenvalue weighted by Crippen LogP contribution is -2.40. The molecule has 1 rings (SSSR count). The van der Waals surface area contributed by atoms with Gasteiger partial charge in [0, 0.05) is 24.7 Å². The van der Waals surface area contributed by atoms with Crippen LogP contribution in [0.2, 0.25) is 10.0 Å². The first-order chi connectivity index (χ1) is 8.95. The highest BCUT2D eigenvalue weighted by Gasteiger charge is 2.14. The zero-order valence-electron chi connectivity index (χ0n) is 11.0. The predicted molar refractivity (Wildman–Crippen MR) is 77.9 cm³/mol. The number of hydrogen-bond donors (Lipinski definition) is 1. The molecule has 0 aliphatic heterocycles. The molecule has 4 nitrogen and oxygen atoms in total. The molecule has 0 spiro atoms. The minimum atomic E-state index is -0.0111. The average molecular weight is 305 g/mol. The standard InChI is InChI=1S/C13H18Cl2N2O2/c1-9(8-16)17(2)13(18)5-6-19-12-4-3-10(14)7-11(12)15/h3-4,7,9H,5-6,8,16H2,1-2H3.